The van der Waals surface area contributed by atoms with Crippen molar-refractivity contribution in [1.82, 2.24) is 0 Å². The van der Waals surface area contributed by atoms with Gasteiger partial charge in [0.1, 0.15) is 12.2 Å². The van der Waals surface area contributed by atoms with Gasteiger partial charge in [0.25, 0.3) is 0 Å². The van der Waals surface area contributed by atoms with Crippen molar-refractivity contribution in [3.63, 3.8) is 0 Å². The van der Waals surface area contributed by atoms with Gasteiger partial charge in [-0.1, -0.05) is 30.3 Å². The minimum Gasteiger partial charge on any atom is -0.465 e. The second-order valence-corrected chi connectivity index (χ2v) is 3.78. The largest absolute Gasteiger partial charge is 0.465 e. The average Bonchev–Trinajstić information content (AvgIpc) is 2.40. The molecule has 0 saturated carbocycles. The van der Waals surface area contributed by atoms with Crippen molar-refractivity contribution >= 4 is 18.0 Å². The first-order valence-electron chi connectivity index (χ1n) is 5.90. The minimum atomic E-state index is -0.891. The molecule has 0 aromatic heterocycles. The highest BCUT2D eigenvalue weighted by atomic mass is 16.5. The number of esters is 1. The first kappa shape index (κ1) is 14.1. The number of hydrogen-bond acceptors (Lipinski definition) is 4. The third kappa shape index (κ3) is 3.80. The van der Waals surface area contributed by atoms with Crippen LogP contribution in [0.15, 0.2) is 30.3 Å². The topological polar surface area (TPSA) is 60.4 Å². The van der Waals surface area contributed by atoms with E-state index in [1.54, 1.807) is 37.3 Å². The zero-order chi connectivity index (χ0) is 13.4. The quantitative estimate of drug-likeness (QED) is 0.320. The summed E-state index contributed by atoms with van der Waals surface area (Å²) in [6.07, 6.45) is 1.06. The van der Waals surface area contributed by atoms with Gasteiger partial charge in [0, 0.05) is 12.0 Å². The molecule has 0 fully saturated rings. The Morgan fingerprint density at radius 2 is 1.94 bits per heavy atom. The van der Waals surface area contributed by atoms with Crippen molar-refractivity contribution in [3.05, 3.63) is 35.9 Å². The van der Waals surface area contributed by atoms with E-state index in [2.05, 4.69) is 0 Å². The van der Waals surface area contributed by atoms with E-state index < -0.39 is 11.9 Å². The average molecular weight is 248 g/mol. The number of carbonyl (C=O) groups is 3. The maximum Gasteiger partial charge on any atom is 0.316 e. The van der Waals surface area contributed by atoms with Crippen molar-refractivity contribution in [3.8, 4) is 0 Å². The second kappa shape index (κ2) is 7.37. The van der Waals surface area contributed by atoms with Crippen LogP contribution in [0.2, 0.25) is 0 Å². The zero-order valence-corrected chi connectivity index (χ0v) is 10.3. The number of hydrogen-bond donors (Lipinski definition) is 0. The van der Waals surface area contributed by atoms with E-state index in [0.717, 1.165) is 0 Å². The minimum absolute atomic E-state index is 0.169. The van der Waals surface area contributed by atoms with Gasteiger partial charge in [-0.2, -0.15) is 0 Å². The maximum atomic E-state index is 12.2. The maximum absolute atomic E-state index is 12.2. The lowest BCUT2D eigenvalue weighted by atomic mass is 9.93. The molecule has 0 aliphatic heterocycles. The molecular weight excluding hydrogens is 232 g/mol. The lowest BCUT2D eigenvalue weighted by Gasteiger charge is -2.13. The summed E-state index contributed by atoms with van der Waals surface area (Å²) in [6.45, 7) is 1.90. The van der Waals surface area contributed by atoms with Crippen LogP contribution in [-0.2, 0) is 14.3 Å². The van der Waals surface area contributed by atoms with Crippen LogP contribution < -0.4 is 0 Å². The van der Waals surface area contributed by atoms with Gasteiger partial charge in [0.15, 0.2) is 5.78 Å². The molecule has 0 unspecified atom stereocenters. The fraction of sp³-hybridized carbons (Fsp3) is 0.357. The number of rotatable bonds is 7. The predicted molar refractivity (Wildman–Crippen MR) is 66.2 cm³/mol. The molecule has 4 heteroatoms. The van der Waals surface area contributed by atoms with Gasteiger partial charge >= 0.3 is 5.97 Å². The van der Waals surface area contributed by atoms with Gasteiger partial charge in [0.05, 0.1) is 6.61 Å². The van der Waals surface area contributed by atoms with Crippen LogP contribution >= 0.6 is 0 Å². The van der Waals surface area contributed by atoms with Gasteiger partial charge in [-0.15, -0.1) is 0 Å². The molecule has 0 saturated heterocycles. The van der Waals surface area contributed by atoms with Gasteiger partial charge < -0.3 is 9.53 Å². The highest BCUT2D eigenvalue weighted by Crippen LogP contribution is 2.15. The molecule has 1 rings (SSSR count). The van der Waals surface area contributed by atoms with Gasteiger partial charge in [-0.25, -0.2) is 0 Å². The summed E-state index contributed by atoms with van der Waals surface area (Å²) in [7, 11) is 0. The van der Waals surface area contributed by atoms with Crippen LogP contribution in [0.1, 0.15) is 30.1 Å². The van der Waals surface area contributed by atoms with E-state index in [1.807, 2.05) is 0 Å². The highest BCUT2D eigenvalue weighted by Gasteiger charge is 2.28. The molecule has 18 heavy (non-hydrogen) atoms. The Morgan fingerprint density at radius 1 is 1.28 bits per heavy atom. The zero-order valence-electron chi connectivity index (χ0n) is 10.3. The van der Waals surface area contributed by atoms with Crippen LogP contribution in [-0.4, -0.2) is 24.6 Å². The molecule has 0 spiro atoms. The number of ether oxygens (including phenoxy) is 1. The molecule has 1 aromatic carbocycles. The van der Waals surface area contributed by atoms with E-state index in [0.29, 0.717) is 11.8 Å². The normalized spacial score (nSPS) is 11.6. The van der Waals surface area contributed by atoms with E-state index in [-0.39, 0.29) is 25.2 Å². The molecule has 0 N–H and O–H groups in total. The Balaban J connectivity index is 2.85. The molecular formula is C14H16O4. The molecule has 1 atom stereocenters. The lowest BCUT2D eigenvalue weighted by molar-refractivity contribution is -0.146. The van der Waals surface area contributed by atoms with Crippen LogP contribution in [0.25, 0.3) is 0 Å². The smallest absolute Gasteiger partial charge is 0.316 e. The summed E-state index contributed by atoms with van der Waals surface area (Å²) in [5.74, 6) is -1.75. The summed E-state index contributed by atoms with van der Waals surface area (Å²) in [6, 6.07) is 8.55. The van der Waals surface area contributed by atoms with E-state index in [1.165, 1.54) is 0 Å². The molecule has 0 aliphatic carbocycles. The molecule has 0 aliphatic rings. The summed E-state index contributed by atoms with van der Waals surface area (Å²) in [5, 5.41) is 0. The number of aldehydes is 1. The SMILES string of the molecule is CCOC(=O)[C@H](CCC=O)C(=O)c1ccccc1. The molecule has 0 bridgehead atoms. The van der Waals surface area contributed by atoms with Crippen LogP contribution in [0.3, 0.4) is 0 Å². The van der Waals surface area contributed by atoms with Crippen LogP contribution in [0.4, 0.5) is 0 Å². The molecule has 0 radical (unpaired) electrons. The van der Waals surface area contributed by atoms with Gasteiger partial charge in [0.2, 0.25) is 0 Å². The Morgan fingerprint density at radius 3 is 2.50 bits per heavy atom. The number of carbonyl (C=O) groups excluding carboxylic acids is 3. The van der Waals surface area contributed by atoms with Crippen molar-refractivity contribution in [2.75, 3.05) is 6.61 Å². The fourth-order valence-electron chi connectivity index (χ4n) is 1.64. The molecule has 0 amide bonds. The third-order valence-corrected chi connectivity index (χ3v) is 2.52. The summed E-state index contributed by atoms with van der Waals surface area (Å²) >= 11 is 0. The van der Waals surface area contributed by atoms with Crippen molar-refractivity contribution < 1.29 is 19.1 Å². The van der Waals surface area contributed by atoms with E-state index in [9.17, 15) is 14.4 Å². The summed E-state index contributed by atoms with van der Waals surface area (Å²) in [4.78, 5) is 34.2. The molecule has 96 valence electrons. The van der Waals surface area contributed by atoms with E-state index >= 15 is 0 Å². The number of benzene rings is 1. The number of ketones is 1. The first-order chi connectivity index (χ1) is 8.70. The van der Waals surface area contributed by atoms with Crippen LogP contribution in [0.5, 0.6) is 0 Å². The number of Topliss-reactive ketones (excluding diaryl/α,β-unsaturated/α-hetero) is 1. The Hall–Kier alpha value is -1.97. The third-order valence-electron chi connectivity index (χ3n) is 2.52. The predicted octanol–water partition coefficient (Wildman–Crippen LogP) is 2.03. The van der Waals surface area contributed by atoms with Crippen molar-refractivity contribution in [2.45, 2.75) is 19.8 Å². The lowest BCUT2D eigenvalue weighted by Crippen LogP contribution is -2.26. The highest BCUT2D eigenvalue weighted by molar-refractivity contribution is 6.08. The molecule has 4 nitrogen and oxygen atoms in total. The first-order valence-corrected chi connectivity index (χ1v) is 5.90. The monoisotopic (exact) mass is 248 g/mol. The molecule has 0 heterocycles. The summed E-state index contributed by atoms with van der Waals surface area (Å²) in [5.41, 5.74) is 0.460. The van der Waals surface area contributed by atoms with Crippen molar-refractivity contribution in [1.29, 1.82) is 0 Å². The van der Waals surface area contributed by atoms with E-state index in [4.69, 9.17) is 4.74 Å². The molecule has 1 aromatic rings. The van der Waals surface area contributed by atoms with Gasteiger partial charge in [-0.05, 0) is 13.3 Å². The second-order valence-electron chi connectivity index (χ2n) is 3.78. The Kier molecular flexibility index (Phi) is 5.77. The van der Waals surface area contributed by atoms with Crippen LogP contribution in [0, 0.1) is 5.92 Å². The standard InChI is InChI=1S/C14H16O4/c1-2-18-14(17)12(9-6-10-15)13(16)11-7-4-3-5-8-11/h3-5,7-8,10,12H,2,6,9H2,1H3/t12-/m1/s1. The fourth-order valence-corrected chi connectivity index (χ4v) is 1.64. The summed E-state index contributed by atoms with van der Waals surface area (Å²) < 4.78 is 4.87. The van der Waals surface area contributed by atoms with Crippen molar-refractivity contribution in [2.24, 2.45) is 5.92 Å². The Bertz CT molecular complexity index is 411. The van der Waals surface area contributed by atoms with Gasteiger partial charge in [-0.3, -0.25) is 9.59 Å². The Labute approximate surface area is 106 Å².